The van der Waals surface area contributed by atoms with Gasteiger partial charge >= 0.3 is 6.09 Å². The van der Waals surface area contributed by atoms with Crippen LogP contribution in [-0.4, -0.2) is 90.2 Å². The van der Waals surface area contributed by atoms with Gasteiger partial charge in [0.2, 0.25) is 0 Å². The minimum atomic E-state index is -0.624. The highest BCUT2D eigenvalue weighted by Gasteiger charge is 2.32. The predicted octanol–water partition coefficient (Wildman–Crippen LogP) is 9.92. The number of nitrogens with one attached hydrogen (secondary N) is 1. The lowest BCUT2D eigenvalue weighted by molar-refractivity contribution is -0.188. The molecular weight excluding hydrogens is 995 g/mol. The number of hydrogen-bond acceptors (Lipinski definition) is 12. The summed E-state index contributed by atoms with van der Waals surface area (Å²) in [6.07, 6.45) is 14.4. The minimum absolute atomic E-state index is 0. The van der Waals surface area contributed by atoms with Gasteiger partial charge in [-0.3, -0.25) is 4.70 Å². The molecule has 0 bridgehead atoms. The van der Waals surface area contributed by atoms with Crippen molar-refractivity contribution >= 4 is 28.7 Å². The van der Waals surface area contributed by atoms with E-state index in [0.717, 1.165) is 78.6 Å². The molecule has 0 aliphatic carbocycles. The first kappa shape index (κ1) is 55.8. The summed E-state index contributed by atoms with van der Waals surface area (Å²) in [6.45, 7) is 14.3. The molecule has 0 saturated carbocycles. The van der Waals surface area contributed by atoms with E-state index >= 15 is 0 Å². The number of likely N-dealkylation sites (tertiary alicyclic amines) is 1. The predicted molar refractivity (Wildman–Crippen MR) is 272 cm³/mol. The number of terminal acetylenes is 1. The quantitative estimate of drug-likeness (QED) is 0.0986. The molecule has 0 spiro atoms. The van der Waals surface area contributed by atoms with Crippen molar-refractivity contribution in [2.45, 2.75) is 106 Å². The van der Waals surface area contributed by atoms with E-state index in [1.165, 1.54) is 3.57 Å². The number of aromatic nitrogens is 6. The third-order valence-corrected chi connectivity index (χ3v) is 11.5. The van der Waals surface area contributed by atoms with Crippen LogP contribution in [0.15, 0.2) is 94.5 Å². The maximum absolute atomic E-state index is 11.3. The molecule has 2 aromatic carbocycles. The van der Waals surface area contributed by atoms with Crippen molar-refractivity contribution in [2.24, 2.45) is 11.8 Å². The Kier molecular flexibility index (Phi) is 21.2. The number of rotatable bonds is 10. The monoisotopic (exact) mass is 1060 g/mol. The number of amides is 1. The van der Waals surface area contributed by atoms with Crippen molar-refractivity contribution < 1.29 is 37.9 Å². The minimum Gasteiger partial charge on any atom is -0.444 e. The van der Waals surface area contributed by atoms with Gasteiger partial charge in [-0.25, -0.2) is 14.8 Å². The Morgan fingerprint density at radius 3 is 1.96 bits per heavy atom. The second-order valence-corrected chi connectivity index (χ2v) is 18.6. The first-order chi connectivity index (χ1) is 31.8. The number of aliphatic hydroxyl groups is 1. The van der Waals surface area contributed by atoms with Crippen LogP contribution < -0.4 is 5.32 Å². The first-order valence-corrected chi connectivity index (χ1v) is 23.3. The molecule has 2 N–H and O–H groups in total. The fourth-order valence-electron chi connectivity index (χ4n) is 7.10. The first-order valence-electron chi connectivity index (χ1n) is 22.2. The van der Waals surface area contributed by atoms with Gasteiger partial charge in [-0.15, -0.1) is 6.42 Å². The molecular formula is C52H66FIN8O7. The van der Waals surface area contributed by atoms with E-state index in [1.54, 1.807) is 24.2 Å². The number of benzene rings is 2. The molecule has 3 aliphatic rings. The molecule has 4 aromatic heterocycles. The van der Waals surface area contributed by atoms with E-state index in [2.05, 4.69) is 78.1 Å². The van der Waals surface area contributed by atoms with E-state index in [9.17, 15) is 9.90 Å². The van der Waals surface area contributed by atoms with Crippen LogP contribution in [0.3, 0.4) is 0 Å². The molecule has 9 rings (SSSR count). The largest absolute Gasteiger partial charge is 0.444 e. The Morgan fingerprint density at radius 1 is 0.884 bits per heavy atom. The van der Waals surface area contributed by atoms with Gasteiger partial charge in [-0.1, -0.05) is 55.1 Å². The van der Waals surface area contributed by atoms with E-state index in [-0.39, 0.29) is 44.0 Å². The summed E-state index contributed by atoms with van der Waals surface area (Å²) >= 11 is 2.29. The molecule has 0 radical (unpaired) electrons. The maximum atomic E-state index is 11.3. The molecule has 6 aromatic rings. The number of nitrogens with zero attached hydrogens (tertiary/aromatic N) is 7. The Hall–Kier alpha value is -5.83. The number of imidazole rings is 2. The molecule has 3 atom stereocenters. The third kappa shape index (κ3) is 16.1. The molecule has 1 amide bonds. The van der Waals surface area contributed by atoms with Gasteiger partial charge in [0, 0.05) is 95.9 Å². The highest BCUT2D eigenvalue weighted by molar-refractivity contribution is 14.1. The average Bonchev–Trinajstić information content (AvgIpc) is 4.10. The lowest BCUT2D eigenvalue weighted by Crippen LogP contribution is -2.51. The summed E-state index contributed by atoms with van der Waals surface area (Å²) in [5, 5.41) is 21.3. The zero-order chi connectivity index (χ0) is 46.6. The smallest absolute Gasteiger partial charge is 0.410 e. The number of ether oxygens (including phenoxy) is 3. The number of carbonyl (C=O) groups excluding carboxylic acids is 1. The normalized spacial score (nSPS) is 16.3. The van der Waals surface area contributed by atoms with Crippen LogP contribution in [0.5, 0.6) is 0 Å². The SMILES string of the molecule is C.C.C#CC1CN(C(=O)OC(C)(C)C)C1.C[C@H](O)c1nccn1Cc1cc(-c2ccc(C#CC3CNC3)cc2)on1.C[C@H](OC1CCCCO1)c1nccn1Cc1cc(-c2ccc(I)cc2)on1.F. The van der Waals surface area contributed by atoms with Gasteiger partial charge in [0.1, 0.15) is 40.8 Å². The lowest BCUT2D eigenvalue weighted by atomic mass is 10.0. The van der Waals surface area contributed by atoms with E-state index in [1.807, 2.05) is 97.8 Å². The summed E-state index contributed by atoms with van der Waals surface area (Å²) in [6, 6.07) is 20.0. The summed E-state index contributed by atoms with van der Waals surface area (Å²) in [5.41, 5.74) is 4.19. The molecule has 15 nitrogen and oxygen atoms in total. The fourth-order valence-corrected chi connectivity index (χ4v) is 7.46. The summed E-state index contributed by atoms with van der Waals surface area (Å²) in [4.78, 5) is 21.6. The fraction of sp³-hybridized carbons (Fsp3) is 0.442. The van der Waals surface area contributed by atoms with Crippen LogP contribution in [0.4, 0.5) is 9.50 Å². The van der Waals surface area contributed by atoms with Gasteiger partial charge in [-0.2, -0.15) is 0 Å². The van der Waals surface area contributed by atoms with Crippen molar-refractivity contribution in [3.8, 4) is 46.8 Å². The molecule has 1 unspecified atom stereocenters. The van der Waals surface area contributed by atoms with Crippen LogP contribution in [0.25, 0.3) is 22.6 Å². The number of carbonyl (C=O) groups is 1. The van der Waals surface area contributed by atoms with Gasteiger partial charge in [0.25, 0.3) is 0 Å². The molecule has 3 saturated heterocycles. The molecule has 17 heteroatoms. The second-order valence-electron chi connectivity index (χ2n) is 17.4. The Bertz CT molecular complexity index is 2580. The van der Waals surface area contributed by atoms with Crippen molar-refractivity contribution in [2.75, 3.05) is 32.8 Å². The summed E-state index contributed by atoms with van der Waals surface area (Å²) in [5.74, 6) is 12.7. The van der Waals surface area contributed by atoms with Crippen molar-refractivity contribution in [3.63, 3.8) is 0 Å². The van der Waals surface area contributed by atoms with Crippen LogP contribution in [0.1, 0.15) is 110 Å². The highest BCUT2D eigenvalue weighted by atomic mass is 127. The van der Waals surface area contributed by atoms with Gasteiger partial charge in [0.05, 0.1) is 19.0 Å². The Balaban J connectivity index is 0.000000233. The molecule has 7 heterocycles. The van der Waals surface area contributed by atoms with Gasteiger partial charge in [0.15, 0.2) is 17.8 Å². The average molecular weight is 1060 g/mol. The lowest BCUT2D eigenvalue weighted by Gasteiger charge is -2.37. The summed E-state index contributed by atoms with van der Waals surface area (Å²) < 4.78 is 33.0. The zero-order valence-electron chi connectivity index (χ0n) is 38.4. The Labute approximate surface area is 419 Å². The number of aliphatic hydroxyl groups excluding tert-OH is 1. The van der Waals surface area contributed by atoms with E-state index in [0.29, 0.717) is 43.7 Å². The number of hydrogen-bond donors (Lipinski definition) is 2. The molecule has 69 heavy (non-hydrogen) atoms. The van der Waals surface area contributed by atoms with Crippen molar-refractivity contribution in [1.29, 1.82) is 0 Å². The Morgan fingerprint density at radius 2 is 1.45 bits per heavy atom. The molecule has 3 aliphatic heterocycles. The van der Waals surface area contributed by atoms with Crippen LogP contribution in [-0.2, 0) is 27.3 Å². The second kappa shape index (κ2) is 26.2. The van der Waals surface area contributed by atoms with Crippen molar-refractivity contribution in [3.05, 3.63) is 118 Å². The topological polar surface area (TPSA) is 168 Å². The van der Waals surface area contributed by atoms with E-state index < -0.39 is 11.7 Å². The van der Waals surface area contributed by atoms with Crippen LogP contribution >= 0.6 is 22.6 Å². The van der Waals surface area contributed by atoms with Crippen LogP contribution in [0, 0.1) is 39.6 Å². The van der Waals surface area contributed by atoms with Crippen LogP contribution in [0.2, 0.25) is 0 Å². The van der Waals surface area contributed by atoms with E-state index in [4.69, 9.17) is 29.7 Å². The van der Waals surface area contributed by atoms with Gasteiger partial charge < -0.3 is 47.7 Å². The van der Waals surface area contributed by atoms with Crippen molar-refractivity contribution in [1.82, 2.24) is 39.6 Å². The highest BCUT2D eigenvalue weighted by Crippen LogP contribution is 2.26. The maximum Gasteiger partial charge on any atom is 0.410 e. The molecule has 3 fully saturated rings. The summed E-state index contributed by atoms with van der Waals surface area (Å²) in [7, 11) is 0. The van der Waals surface area contributed by atoms with Gasteiger partial charge in [-0.05, 0) is 113 Å². The molecule has 370 valence electrons. The zero-order valence-corrected chi connectivity index (χ0v) is 40.6. The third-order valence-electron chi connectivity index (χ3n) is 10.8. The number of halogens is 2. The standard InChI is InChI=1S/C20H22IN3O3.C20H20N4O2.C10H15NO2.2CH4.FH/c1-14(26-19-4-2-3-11-25-19)20-22-9-10-24(20)13-17-12-18(27-23-17)15-5-7-16(21)8-6-15;1-14(25)20-22-8-9-24(20)13-18-10-19(26-23-18)17-6-4-15(5-7-17)2-3-16-11-21-12-16;1-5-8-6-11(7-8)9(12)13-10(2,3)4;;;/h5-10,12,14,19H,2-4,11,13H2,1H3;4-10,14,16,21,25H,11-13H2,1H3;1,8H,6-7H2,2-4H3;2*1H4;1H/t14-,19?;14-;;;;/m00..../s1.